The maximum atomic E-state index is 9.77. The van der Waals surface area contributed by atoms with Gasteiger partial charge >= 0.3 is 0 Å². The molecule has 0 saturated heterocycles. The van der Waals surface area contributed by atoms with Crippen LogP contribution in [0.25, 0.3) is 0 Å². The zero-order valence-corrected chi connectivity index (χ0v) is 10.2. The first-order valence-electron chi connectivity index (χ1n) is 5.96. The second-order valence-corrected chi connectivity index (χ2v) is 3.86. The molecular weight excluding hydrogens is 200 g/mol. The molecule has 3 N–H and O–H groups in total. The average Bonchev–Trinajstić information content (AvgIpc) is 2.32. The molecule has 0 aromatic heterocycles. The lowest BCUT2D eigenvalue weighted by Gasteiger charge is -2.21. The number of hydrogen-bond acceptors (Lipinski definition) is 3. The maximum absolute atomic E-state index is 9.77. The van der Waals surface area contributed by atoms with Gasteiger partial charge in [0.1, 0.15) is 0 Å². The summed E-state index contributed by atoms with van der Waals surface area (Å²) < 4.78 is 0. The Labute approximate surface area is 97.9 Å². The SMILES string of the molecule is CCN(CC)c1ccc([C@@H](O)CCN)cc1. The number of rotatable bonds is 6. The van der Waals surface area contributed by atoms with Crippen LogP contribution in [-0.4, -0.2) is 24.7 Å². The third kappa shape index (κ3) is 3.22. The van der Waals surface area contributed by atoms with Crippen LogP contribution >= 0.6 is 0 Å². The first-order chi connectivity index (χ1) is 7.72. The summed E-state index contributed by atoms with van der Waals surface area (Å²) in [6.45, 7) is 6.79. The van der Waals surface area contributed by atoms with Crippen LogP contribution in [0.3, 0.4) is 0 Å². The van der Waals surface area contributed by atoms with Gasteiger partial charge in [-0.2, -0.15) is 0 Å². The predicted octanol–water partition coefficient (Wildman–Crippen LogP) is 1.92. The van der Waals surface area contributed by atoms with Gasteiger partial charge in [-0.15, -0.1) is 0 Å². The molecule has 0 aliphatic rings. The van der Waals surface area contributed by atoms with Crippen molar-refractivity contribution in [3.8, 4) is 0 Å². The first kappa shape index (κ1) is 13.0. The lowest BCUT2D eigenvalue weighted by molar-refractivity contribution is 0.170. The van der Waals surface area contributed by atoms with Gasteiger partial charge in [-0.05, 0) is 44.5 Å². The van der Waals surface area contributed by atoms with E-state index < -0.39 is 6.10 Å². The minimum Gasteiger partial charge on any atom is -0.388 e. The molecule has 0 unspecified atom stereocenters. The van der Waals surface area contributed by atoms with Crippen LogP contribution in [0.1, 0.15) is 31.9 Å². The van der Waals surface area contributed by atoms with Gasteiger partial charge in [0.05, 0.1) is 6.10 Å². The quantitative estimate of drug-likeness (QED) is 0.773. The Kier molecular flexibility index (Phi) is 5.29. The van der Waals surface area contributed by atoms with Crippen LogP contribution in [0.5, 0.6) is 0 Å². The van der Waals surface area contributed by atoms with Gasteiger partial charge in [-0.1, -0.05) is 12.1 Å². The molecule has 1 rings (SSSR count). The summed E-state index contributed by atoms with van der Waals surface area (Å²) in [6, 6.07) is 8.08. The topological polar surface area (TPSA) is 49.5 Å². The van der Waals surface area contributed by atoms with E-state index >= 15 is 0 Å². The Morgan fingerprint density at radius 2 is 1.75 bits per heavy atom. The predicted molar refractivity (Wildman–Crippen MR) is 68.6 cm³/mol. The fourth-order valence-corrected chi connectivity index (χ4v) is 1.82. The van der Waals surface area contributed by atoms with E-state index in [1.807, 2.05) is 12.1 Å². The minimum atomic E-state index is -0.434. The van der Waals surface area contributed by atoms with E-state index in [1.54, 1.807) is 0 Å². The second kappa shape index (κ2) is 6.51. The molecule has 1 aromatic rings. The van der Waals surface area contributed by atoms with Crippen molar-refractivity contribution in [2.75, 3.05) is 24.5 Å². The largest absolute Gasteiger partial charge is 0.388 e. The van der Waals surface area contributed by atoms with Crippen molar-refractivity contribution in [1.29, 1.82) is 0 Å². The van der Waals surface area contributed by atoms with Gasteiger partial charge < -0.3 is 15.7 Å². The number of nitrogens with two attached hydrogens (primary N) is 1. The number of hydrogen-bond donors (Lipinski definition) is 2. The van der Waals surface area contributed by atoms with Gasteiger partial charge in [0.2, 0.25) is 0 Å². The monoisotopic (exact) mass is 222 g/mol. The summed E-state index contributed by atoms with van der Waals surface area (Å²) in [4.78, 5) is 2.28. The fourth-order valence-electron chi connectivity index (χ4n) is 1.82. The van der Waals surface area contributed by atoms with E-state index in [-0.39, 0.29) is 0 Å². The molecule has 0 aliphatic heterocycles. The molecule has 0 spiro atoms. The van der Waals surface area contributed by atoms with Crippen molar-refractivity contribution in [3.05, 3.63) is 29.8 Å². The first-order valence-corrected chi connectivity index (χ1v) is 5.96. The Morgan fingerprint density at radius 3 is 2.19 bits per heavy atom. The Hall–Kier alpha value is -1.06. The number of nitrogens with zero attached hydrogens (tertiary/aromatic N) is 1. The van der Waals surface area contributed by atoms with Crippen molar-refractivity contribution in [1.82, 2.24) is 0 Å². The van der Waals surface area contributed by atoms with Crippen LogP contribution in [0.15, 0.2) is 24.3 Å². The van der Waals surface area contributed by atoms with E-state index in [4.69, 9.17) is 5.73 Å². The van der Waals surface area contributed by atoms with Crippen LogP contribution < -0.4 is 10.6 Å². The lowest BCUT2D eigenvalue weighted by atomic mass is 10.1. The van der Waals surface area contributed by atoms with Crippen molar-refractivity contribution < 1.29 is 5.11 Å². The molecule has 1 atom stereocenters. The van der Waals surface area contributed by atoms with Crippen LogP contribution in [-0.2, 0) is 0 Å². The van der Waals surface area contributed by atoms with Crippen molar-refractivity contribution in [2.45, 2.75) is 26.4 Å². The molecule has 0 heterocycles. The molecule has 16 heavy (non-hydrogen) atoms. The van der Waals surface area contributed by atoms with Crippen molar-refractivity contribution in [3.63, 3.8) is 0 Å². The van der Waals surface area contributed by atoms with Crippen LogP contribution in [0, 0.1) is 0 Å². The van der Waals surface area contributed by atoms with Gasteiger partial charge in [-0.25, -0.2) is 0 Å². The smallest absolute Gasteiger partial charge is 0.0802 e. The zero-order valence-electron chi connectivity index (χ0n) is 10.2. The molecule has 1 aromatic carbocycles. The Balaban J connectivity index is 2.74. The van der Waals surface area contributed by atoms with Crippen molar-refractivity contribution >= 4 is 5.69 Å². The van der Waals surface area contributed by atoms with E-state index in [0.29, 0.717) is 13.0 Å². The van der Waals surface area contributed by atoms with Gasteiger partial charge in [0, 0.05) is 18.8 Å². The number of anilines is 1. The standard InChI is InChI=1S/C13H22N2O/c1-3-15(4-2)12-7-5-11(6-8-12)13(16)9-10-14/h5-8,13,16H,3-4,9-10,14H2,1-2H3/t13-/m0/s1. The Morgan fingerprint density at radius 1 is 1.19 bits per heavy atom. The highest BCUT2D eigenvalue weighted by Gasteiger charge is 2.07. The van der Waals surface area contributed by atoms with E-state index in [0.717, 1.165) is 18.7 Å². The van der Waals surface area contributed by atoms with Crippen molar-refractivity contribution in [2.24, 2.45) is 5.73 Å². The van der Waals surface area contributed by atoms with Gasteiger partial charge in [0.25, 0.3) is 0 Å². The fraction of sp³-hybridized carbons (Fsp3) is 0.538. The maximum Gasteiger partial charge on any atom is 0.0802 e. The molecular formula is C13H22N2O. The highest BCUT2D eigenvalue weighted by molar-refractivity contribution is 5.47. The van der Waals surface area contributed by atoms with Gasteiger partial charge in [0.15, 0.2) is 0 Å². The number of benzene rings is 1. The summed E-state index contributed by atoms with van der Waals surface area (Å²) in [5, 5.41) is 9.77. The molecule has 0 saturated carbocycles. The third-order valence-electron chi connectivity index (χ3n) is 2.85. The minimum absolute atomic E-state index is 0.434. The zero-order chi connectivity index (χ0) is 12.0. The summed E-state index contributed by atoms with van der Waals surface area (Å²) in [6.07, 6.45) is 0.181. The normalized spacial score (nSPS) is 12.5. The number of aliphatic hydroxyl groups excluding tert-OH is 1. The Bertz CT molecular complexity index is 293. The molecule has 3 nitrogen and oxygen atoms in total. The molecule has 90 valence electrons. The lowest BCUT2D eigenvalue weighted by Crippen LogP contribution is -2.21. The summed E-state index contributed by atoms with van der Waals surface area (Å²) in [7, 11) is 0. The summed E-state index contributed by atoms with van der Waals surface area (Å²) in [5.74, 6) is 0. The highest BCUT2D eigenvalue weighted by Crippen LogP contribution is 2.20. The third-order valence-corrected chi connectivity index (χ3v) is 2.85. The van der Waals surface area contributed by atoms with Crippen LogP contribution in [0.4, 0.5) is 5.69 Å². The second-order valence-electron chi connectivity index (χ2n) is 3.86. The molecule has 0 radical (unpaired) electrons. The molecule has 0 fully saturated rings. The summed E-state index contributed by atoms with van der Waals surface area (Å²) >= 11 is 0. The van der Waals surface area contributed by atoms with E-state index in [2.05, 4.69) is 30.9 Å². The van der Waals surface area contributed by atoms with E-state index in [9.17, 15) is 5.11 Å². The highest BCUT2D eigenvalue weighted by atomic mass is 16.3. The molecule has 0 bridgehead atoms. The van der Waals surface area contributed by atoms with Crippen LogP contribution in [0.2, 0.25) is 0 Å². The molecule has 3 heteroatoms. The van der Waals surface area contributed by atoms with Gasteiger partial charge in [-0.3, -0.25) is 0 Å². The summed E-state index contributed by atoms with van der Waals surface area (Å²) in [5.41, 5.74) is 7.57. The van der Waals surface area contributed by atoms with E-state index in [1.165, 1.54) is 5.69 Å². The average molecular weight is 222 g/mol. The number of aliphatic hydroxyl groups is 1. The molecule has 0 amide bonds. The molecule has 0 aliphatic carbocycles.